The van der Waals surface area contributed by atoms with Gasteiger partial charge in [-0.1, -0.05) is 37.5 Å². The Morgan fingerprint density at radius 2 is 2.11 bits per heavy atom. The van der Waals surface area contributed by atoms with Gasteiger partial charge in [-0.15, -0.1) is 0 Å². The Hall–Kier alpha value is -1.02. The lowest BCUT2D eigenvalue weighted by molar-refractivity contribution is 0.554. The monoisotopic (exact) mass is 260 g/mol. The number of anilines is 1. The summed E-state index contributed by atoms with van der Waals surface area (Å²) in [6.07, 6.45) is 6.72. The van der Waals surface area contributed by atoms with Gasteiger partial charge in [0.15, 0.2) is 0 Å². The molecule has 0 aliphatic carbocycles. The van der Waals surface area contributed by atoms with E-state index in [9.17, 15) is 0 Å². The highest BCUT2D eigenvalue weighted by atomic mass is 15.2. The third kappa shape index (κ3) is 3.50. The lowest BCUT2D eigenvalue weighted by Gasteiger charge is -2.33. The van der Waals surface area contributed by atoms with Crippen LogP contribution in [-0.2, 0) is 6.54 Å². The molecule has 1 aromatic carbocycles. The quantitative estimate of drug-likeness (QED) is 0.884. The minimum absolute atomic E-state index is 0.723. The summed E-state index contributed by atoms with van der Waals surface area (Å²) in [5.74, 6) is 0. The van der Waals surface area contributed by atoms with Crippen molar-refractivity contribution in [1.82, 2.24) is 5.32 Å². The second-order valence-electron chi connectivity index (χ2n) is 5.77. The van der Waals surface area contributed by atoms with Gasteiger partial charge in [0.25, 0.3) is 0 Å². The molecule has 2 heteroatoms. The molecule has 1 N–H and O–H groups in total. The predicted molar refractivity (Wildman–Crippen MR) is 83.8 cm³/mol. The van der Waals surface area contributed by atoms with E-state index in [0.717, 1.165) is 12.6 Å². The van der Waals surface area contributed by atoms with Gasteiger partial charge in [0, 0.05) is 24.8 Å². The largest absolute Gasteiger partial charge is 0.368 e. The molecule has 106 valence electrons. The minimum atomic E-state index is 0.723. The summed E-state index contributed by atoms with van der Waals surface area (Å²) >= 11 is 0. The molecule has 0 bridgehead atoms. The Balaban J connectivity index is 2.31. The van der Waals surface area contributed by atoms with Crippen molar-refractivity contribution in [3.05, 3.63) is 29.3 Å². The standard InChI is InChI=1S/C17H28N2/c1-4-16-8-6-5-7-11-19(16)17-10-9-14(2)12-15(17)13-18-3/h9-10,12,16,18H,4-8,11,13H2,1-3H3. The van der Waals surface area contributed by atoms with E-state index in [1.807, 2.05) is 7.05 Å². The van der Waals surface area contributed by atoms with Crippen LogP contribution in [0.4, 0.5) is 5.69 Å². The van der Waals surface area contributed by atoms with Gasteiger partial charge in [-0.05, 0) is 44.9 Å². The van der Waals surface area contributed by atoms with Crippen LogP contribution in [-0.4, -0.2) is 19.6 Å². The number of hydrogen-bond donors (Lipinski definition) is 1. The lowest BCUT2D eigenvalue weighted by Crippen LogP contribution is -2.35. The van der Waals surface area contributed by atoms with Gasteiger partial charge in [0.2, 0.25) is 0 Å². The van der Waals surface area contributed by atoms with Gasteiger partial charge < -0.3 is 10.2 Å². The SMILES string of the molecule is CCC1CCCCCN1c1ccc(C)cc1CNC. The van der Waals surface area contributed by atoms with Crippen LogP contribution in [0.1, 0.15) is 50.2 Å². The second kappa shape index (κ2) is 6.95. The van der Waals surface area contributed by atoms with E-state index in [4.69, 9.17) is 0 Å². The summed E-state index contributed by atoms with van der Waals surface area (Å²) in [5.41, 5.74) is 4.26. The van der Waals surface area contributed by atoms with Gasteiger partial charge in [-0.3, -0.25) is 0 Å². The number of nitrogens with zero attached hydrogens (tertiary/aromatic N) is 1. The number of nitrogens with one attached hydrogen (secondary N) is 1. The van der Waals surface area contributed by atoms with E-state index >= 15 is 0 Å². The molecule has 1 saturated heterocycles. The van der Waals surface area contributed by atoms with Crippen molar-refractivity contribution in [3.63, 3.8) is 0 Å². The van der Waals surface area contributed by atoms with Gasteiger partial charge in [-0.2, -0.15) is 0 Å². The fraction of sp³-hybridized carbons (Fsp3) is 0.647. The van der Waals surface area contributed by atoms with Crippen LogP contribution in [0.5, 0.6) is 0 Å². The van der Waals surface area contributed by atoms with E-state index in [1.165, 1.54) is 55.5 Å². The van der Waals surface area contributed by atoms with Gasteiger partial charge in [0.05, 0.1) is 0 Å². The molecule has 1 unspecified atom stereocenters. The molecule has 0 spiro atoms. The summed E-state index contributed by atoms with van der Waals surface area (Å²) < 4.78 is 0. The fourth-order valence-electron chi connectivity index (χ4n) is 3.25. The zero-order valence-corrected chi connectivity index (χ0v) is 12.7. The fourth-order valence-corrected chi connectivity index (χ4v) is 3.25. The summed E-state index contributed by atoms with van der Waals surface area (Å²) in [6, 6.07) is 7.65. The number of benzene rings is 1. The molecular formula is C17H28N2. The molecule has 19 heavy (non-hydrogen) atoms. The highest BCUT2D eigenvalue weighted by Gasteiger charge is 2.21. The minimum Gasteiger partial charge on any atom is -0.368 e. The summed E-state index contributed by atoms with van der Waals surface area (Å²) in [4.78, 5) is 2.67. The summed E-state index contributed by atoms with van der Waals surface area (Å²) in [7, 11) is 2.03. The topological polar surface area (TPSA) is 15.3 Å². The Bertz CT molecular complexity index is 400. The van der Waals surface area contributed by atoms with E-state index in [2.05, 4.69) is 42.3 Å². The predicted octanol–water partition coefficient (Wildman–Crippen LogP) is 3.87. The zero-order valence-electron chi connectivity index (χ0n) is 12.7. The Morgan fingerprint density at radius 3 is 2.84 bits per heavy atom. The maximum absolute atomic E-state index is 3.31. The van der Waals surface area contributed by atoms with Crippen molar-refractivity contribution in [2.24, 2.45) is 0 Å². The zero-order chi connectivity index (χ0) is 13.7. The highest BCUT2D eigenvalue weighted by Crippen LogP contribution is 2.29. The average Bonchev–Trinajstić information content (AvgIpc) is 2.64. The Labute approximate surface area is 118 Å². The van der Waals surface area contributed by atoms with Gasteiger partial charge in [0.1, 0.15) is 0 Å². The second-order valence-corrected chi connectivity index (χ2v) is 5.77. The molecule has 0 aromatic heterocycles. The smallest absolute Gasteiger partial charge is 0.0414 e. The number of aryl methyl sites for hydroxylation is 1. The summed E-state index contributed by atoms with van der Waals surface area (Å²) in [5, 5.41) is 3.31. The molecule has 0 amide bonds. The third-order valence-corrected chi connectivity index (χ3v) is 4.26. The van der Waals surface area contributed by atoms with Crippen LogP contribution in [0.2, 0.25) is 0 Å². The lowest BCUT2D eigenvalue weighted by atomic mass is 10.0. The normalized spacial score (nSPS) is 20.4. The molecule has 1 aliphatic rings. The number of hydrogen-bond acceptors (Lipinski definition) is 2. The van der Waals surface area contributed by atoms with Crippen LogP contribution in [0.3, 0.4) is 0 Å². The molecule has 0 radical (unpaired) electrons. The maximum Gasteiger partial charge on any atom is 0.0414 e. The molecule has 1 heterocycles. The number of rotatable bonds is 4. The van der Waals surface area contributed by atoms with Crippen LogP contribution in [0.25, 0.3) is 0 Å². The Morgan fingerprint density at radius 1 is 1.26 bits per heavy atom. The van der Waals surface area contributed by atoms with Crippen molar-refractivity contribution in [1.29, 1.82) is 0 Å². The highest BCUT2D eigenvalue weighted by molar-refractivity contribution is 5.56. The first kappa shape index (κ1) is 14.4. The molecule has 1 fully saturated rings. The van der Waals surface area contributed by atoms with Crippen LogP contribution in [0.15, 0.2) is 18.2 Å². The van der Waals surface area contributed by atoms with Crippen molar-refractivity contribution in [3.8, 4) is 0 Å². The van der Waals surface area contributed by atoms with Crippen molar-refractivity contribution >= 4 is 5.69 Å². The first-order chi connectivity index (χ1) is 9.26. The van der Waals surface area contributed by atoms with E-state index in [0.29, 0.717) is 0 Å². The maximum atomic E-state index is 3.31. The van der Waals surface area contributed by atoms with E-state index in [1.54, 1.807) is 0 Å². The van der Waals surface area contributed by atoms with Gasteiger partial charge >= 0.3 is 0 Å². The van der Waals surface area contributed by atoms with Crippen LogP contribution >= 0.6 is 0 Å². The van der Waals surface area contributed by atoms with E-state index < -0.39 is 0 Å². The van der Waals surface area contributed by atoms with Crippen molar-refractivity contribution in [2.75, 3.05) is 18.5 Å². The average molecular weight is 260 g/mol. The third-order valence-electron chi connectivity index (χ3n) is 4.26. The first-order valence-electron chi connectivity index (χ1n) is 7.77. The van der Waals surface area contributed by atoms with Crippen molar-refractivity contribution < 1.29 is 0 Å². The first-order valence-corrected chi connectivity index (χ1v) is 7.77. The Kier molecular flexibility index (Phi) is 5.26. The molecule has 1 aliphatic heterocycles. The molecule has 1 atom stereocenters. The van der Waals surface area contributed by atoms with Crippen LogP contribution in [0, 0.1) is 6.92 Å². The molecule has 2 nitrogen and oxygen atoms in total. The van der Waals surface area contributed by atoms with Gasteiger partial charge in [-0.25, -0.2) is 0 Å². The molecule has 1 aromatic rings. The van der Waals surface area contributed by atoms with Crippen LogP contribution < -0.4 is 10.2 Å². The summed E-state index contributed by atoms with van der Waals surface area (Å²) in [6.45, 7) is 6.69. The van der Waals surface area contributed by atoms with E-state index in [-0.39, 0.29) is 0 Å². The van der Waals surface area contributed by atoms with Crippen molar-refractivity contribution in [2.45, 2.75) is 58.5 Å². The molecular weight excluding hydrogens is 232 g/mol. The molecule has 0 saturated carbocycles. The molecule has 2 rings (SSSR count).